The summed E-state index contributed by atoms with van der Waals surface area (Å²) in [4.78, 5) is 11.8. The van der Waals surface area contributed by atoms with Crippen LogP contribution in [0.1, 0.15) is 19.4 Å². The van der Waals surface area contributed by atoms with Gasteiger partial charge >= 0.3 is 5.97 Å². The molecule has 3 nitrogen and oxygen atoms in total. The number of ether oxygens (including phenoxy) is 1. The van der Waals surface area contributed by atoms with Crippen LogP contribution in [-0.2, 0) is 16.0 Å². The molecule has 1 aromatic rings. The van der Waals surface area contributed by atoms with Crippen LogP contribution in [0, 0.1) is 5.92 Å². The van der Waals surface area contributed by atoms with E-state index in [4.69, 9.17) is 4.74 Å². The topological polar surface area (TPSA) is 38.3 Å². The average molecular weight is 235 g/mol. The monoisotopic (exact) mass is 235 g/mol. The van der Waals surface area contributed by atoms with Gasteiger partial charge in [-0.05, 0) is 24.9 Å². The van der Waals surface area contributed by atoms with Crippen molar-refractivity contribution in [3.05, 3.63) is 35.9 Å². The Balaban J connectivity index is 2.51. The van der Waals surface area contributed by atoms with E-state index in [0.717, 1.165) is 5.56 Å². The van der Waals surface area contributed by atoms with Crippen molar-refractivity contribution in [3.8, 4) is 0 Å². The highest BCUT2D eigenvalue weighted by Gasteiger charge is 2.18. The van der Waals surface area contributed by atoms with Crippen molar-refractivity contribution >= 4 is 5.97 Å². The highest BCUT2D eigenvalue weighted by atomic mass is 16.5. The Labute approximate surface area is 103 Å². The third kappa shape index (κ3) is 5.00. The lowest BCUT2D eigenvalue weighted by Gasteiger charge is -2.16. The fourth-order valence-electron chi connectivity index (χ4n) is 1.50. The molecule has 0 aliphatic carbocycles. The van der Waals surface area contributed by atoms with E-state index >= 15 is 0 Å². The Kier molecular flexibility index (Phi) is 5.70. The first-order valence-electron chi connectivity index (χ1n) is 6.01. The van der Waals surface area contributed by atoms with Crippen LogP contribution in [-0.4, -0.2) is 25.7 Å². The summed E-state index contributed by atoms with van der Waals surface area (Å²) in [5, 5.41) is 3.00. The molecule has 0 aliphatic rings. The summed E-state index contributed by atoms with van der Waals surface area (Å²) in [6.07, 6.45) is 0.661. The maximum atomic E-state index is 11.8. The SMILES string of the molecule is CNC(Cc1ccccc1)C(=O)OCC(C)C. The van der Waals surface area contributed by atoms with Gasteiger partial charge in [-0.3, -0.25) is 4.79 Å². The molecule has 0 amide bonds. The fraction of sp³-hybridized carbons (Fsp3) is 0.500. The molecule has 1 aromatic carbocycles. The fourth-order valence-corrected chi connectivity index (χ4v) is 1.50. The number of rotatable bonds is 6. The number of esters is 1. The largest absolute Gasteiger partial charge is 0.464 e. The minimum atomic E-state index is -0.267. The molecule has 1 atom stereocenters. The Morgan fingerprint density at radius 2 is 1.94 bits per heavy atom. The zero-order valence-corrected chi connectivity index (χ0v) is 10.8. The van der Waals surface area contributed by atoms with E-state index in [1.54, 1.807) is 7.05 Å². The lowest BCUT2D eigenvalue weighted by Crippen LogP contribution is -2.38. The maximum Gasteiger partial charge on any atom is 0.323 e. The number of carbonyl (C=O) groups excluding carboxylic acids is 1. The second-order valence-corrected chi connectivity index (χ2v) is 4.55. The van der Waals surface area contributed by atoms with E-state index in [2.05, 4.69) is 5.32 Å². The molecule has 0 aromatic heterocycles. The molecule has 0 radical (unpaired) electrons. The molecular weight excluding hydrogens is 214 g/mol. The van der Waals surface area contributed by atoms with Crippen molar-refractivity contribution in [3.63, 3.8) is 0 Å². The molecule has 0 aliphatic heterocycles. The number of nitrogens with one attached hydrogen (secondary N) is 1. The molecule has 0 heterocycles. The molecule has 0 spiro atoms. The molecule has 3 heteroatoms. The molecule has 1 unspecified atom stereocenters. The minimum absolute atomic E-state index is 0.176. The summed E-state index contributed by atoms with van der Waals surface area (Å²) in [6.45, 7) is 4.53. The van der Waals surface area contributed by atoms with Crippen LogP contribution >= 0.6 is 0 Å². The summed E-state index contributed by atoms with van der Waals surface area (Å²) in [5.74, 6) is 0.193. The first-order chi connectivity index (χ1) is 8.13. The van der Waals surface area contributed by atoms with E-state index in [1.807, 2.05) is 44.2 Å². The van der Waals surface area contributed by atoms with E-state index < -0.39 is 0 Å². The van der Waals surface area contributed by atoms with Crippen molar-refractivity contribution in [1.82, 2.24) is 5.32 Å². The van der Waals surface area contributed by atoms with E-state index in [1.165, 1.54) is 0 Å². The number of likely N-dealkylation sites (N-methyl/N-ethyl adjacent to an activating group) is 1. The predicted octanol–water partition coefficient (Wildman–Crippen LogP) is 2.02. The summed E-state index contributed by atoms with van der Waals surface area (Å²) >= 11 is 0. The van der Waals surface area contributed by atoms with Gasteiger partial charge in [-0.25, -0.2) is 0 Å². The average Bonchev–Trinajstić information content (AvgIpc) is 2.34. The van der Waals surface area contributed by atoms with Gasteiger partial charge in [0.15, 0.2) is 0 Å². The zero-order valence-electron chi connectivity index (χ0n) is 10.8. The Bertz CT molecular complexity index is 335. The van der Waals surface area contributed by atoms with Gasteiger partial charge in [0.05, 0.1) is 6.61 Å². The molecule has 94 valence electrons. The van der Waals surface area contributed by atoms with Crippen molar-refractivity contribution in [2.75, 3.05) is 13.7 Å². The van der Waals surface area contributed by atoms with Gasteiger partial charge in [0.2, 0.25) is 0 Å². The normalized spacial score (nSPS) is 12.5. The number of hydrogen-bond donors (Lipinski definition) is 1. The molecule has 0 saturated heterocycles. The third-order valence-electron chi connectivity index (χ3n) is 2.47. The smallest absolute Gasteiger partial charge is 0.323 e. The van der Waals surface area contributed by atoms with Gasteiger partial charge in [0.1, 0.15) is 6.04 Å². The summed E-state index contributed by atoms with van der Waals surface area (Å²) in [7, 11) is 1.78. The van der Waals surface area contributed by atoms with Crippen molar-refractivity contribution in [1.29, 1.82) is 0 Å². The predicted molar refractivity (Wildman–Crippen MR) is 68.8 cm³/mol. The first kappa shape index (κ1) is 13.7. The van der Waals surface area contributed by atoms with Crippen LogP contribution in [0.4, 0.5) is 0 Å². The van der Waals surface area contributed by atoms with Crippen molar-refractivity contribution < 1.29 is 9.53 Å². The third-order valence-corrected chi connectivity index (χ3v) is 2.47. The van der Waals surface area contributed by atoms with Gasteiger partial charge in [-0.2, -0.15) is 0 Å². The van der Waals surface area contributed by atoms with Gasteiger partial charge in [-0.15, -0.1) is 0 Å². The Hall–Kier alpha value is -1.35. The summed E-state index contributed by atoms with van der Waals surface area (Å²) in [6, 6.07) is 9.68. The minimum Gasteiger partial charge on any atom is -0.464 e. The number of benzene rings is 1. The molecule has 1 rings (SSSR count). The molecular formula is C14H21NO2. The molecule has 17 heavy (non-hydrogen) atoms. The van der Waals surface area contributed by atoms with Gasteiger partial charge in [0.25, 0.3) is 0 Å². The van der Waals surface area contributed by atoms with Crippen LogP contribution in [0.3, 0.4) is 0 Å². The van der Waals surface area contributed by atoms with Crippen LogP contribution in [0.25, 0.3) is 0 Å². The molecule has 0 saturated carbocycles. The second-order valence-electron chi connectivity index (χ2n) is 4.55. The Morgan fingerprint density at radius 3 is 2.47 bits per heavy atom. The van der Waals surface area contributed by atoms with E-state index in [0.29, 0.717) is 18.9 Å². The molecule has 0 fully saturated rings. The maximum absolute atomic E-state index is 11.8. The van der Waals surface area contributed by atoms with E-state index in [-0.39, 0.29) is 12.0 Å². The van der Waals surface area contributed by atoms with Gasteiger partial charge in [0, 0.05) is 0 Å². The van der Waals surface area contributed by atoms with Crippen molar-refractivity contribution in [2.24, 2.45) is 5.92 Å². The Morgan fingerprint density at radius 1 is 1.29 bits per heavy atom. The number of carbonyl (C=O) groups is 1. The number of hydrogen-bond acceptors (Lipinski definition) is 3. The highest BCUT2D eigenvalue weighted by molar-refractivity contribution is 5.76. The lowest BCUT2D eigenvalue weighted by molar-refractivity contribution is -0.147. The second kappa shape index (κ2) is 7.07. The van der Waals surface area contributed by atoms with Crippen LogP contribution in [0.15, 0.2) is 30.3 Å². The van der Waals surface area contributed by atoms with Gasteiger partial charge < -0.3 is 10.1 Å². The van der Waals surface area contributed by atoms with Crippen LogP contribution in [0.2, 0.25) is 0 Å². The highest BCUT2D eigenvalue weighted by Crippen LogP contribution is 2.05. The standard InChI is InChI=1S/C14H21NO2/c1-11(2)10-17-14(16)13(15-3)9-12-7-5-4-6-8-12/h4-8,11,13,15H,9-10H2,1-3H3. The summed E-state index contributed by atoms with van der Waals surface area (Å²) in [5.41, 5.74) is 1.13. The molecule has 0 bridgehead atoms. The first-order valence-corrected chi connectivity index (χ1v) is 6.01. The van der Waals surface area contributed by atoms with E-state index in [9.17, 15) is 4.79 Å². The van der Waals surface area contributed by atoms with Crippen LogP contribution in [0.5, 0.6) is 0 Å². The van der Waals surface area contributed by atoms with Crippen LogP contribution < -0.4 is 5.32 Å². The van der Waals surface area contributed by atoms with Gasteiger partial charge in [-0.1, -0.05) is 44.2 Å². The van der Waals surface area contributed by atoms with Crippen molar-refractivity contribution in [2.45, 2.75) is 26.3 Å². The quantitative estimate of drug-likeness (QED) is 0.767. The lowest BCUT2D eigenvalue weighted by atomic mass is 10.1. The molecule has 1 N–H and O–H groups in total. The zero-order chi connectivity index (χ0) is 12.7. The summed E-state index contributed by atoms with van der Waals surface area (Å²) < 4.78 is 5.23.